The zero-order valence-electron chi connectivity index (χ0n) is 16.5. The van der Waals surface area contributed by atoms with Crippen LogP contribution in [0.15, 0.2) is 60.0 Å². The maximum absolute atomic E-state index is 12.4. The molecule has 4 rings (SSSR count). The number of rotatable bonds is 6. The van der Waals surface area contributed by atoms with Crippen LogP contribution >= 0.6 is 11.8 Å². The molecule has 7 heteroatoms. The number of hydrogen-bond donors (Lipinski definition) is 1. The van der Waals surface area contributed by atoms with Crippen molar-refractivity contribution in [2.24, 2.45) is 0 Å². The summed E-state index contributed by atoms with van der Waals surface area (Å²) in [6, 6.07) is 16.2. The van der Waals surface area contributed by atoms with Crippen LogP contribution in [0.2, 0.25) is 0 Å². The van der Waals surface area contributed by atoms with Crippen molar-refractivity contribution in [2.45, 2.75) is 31.3 Å². The van der Waals surface area contributed by atoms with Gasteiger partial charge in [0, 0.05) is 24.5 Å². The number of hydrogen-bond acceptors (Lipinski definition) is 5. The van der Waals surface area contributed by atoms with E-state index in [2.05, 4.69) is 32.5 Å². The van der Waals surface area contributed by atoms with Crippen LogP contribution in [0.5, 0.6) is 0 Å². The van der Waals surface area contributed by atoms with Crippen LogP contribution in [0.25, 0.3) is 5.69 Å². The Morgan fingerprint density at radius 1 is 1.07 bits per heavy atom. The number of aryl methyl sites for hydroxylation is 1. The molecule has 0 saturated carbocycles. The minimum atomic E-state index is -0.0555. The molecule has 1 saturated heterocycles. The van der Waals surface area contributed by atoms with Crippen LogP contribution in [0.1, 0.15) is 24.8 Å². The summed E-state index contributed by atoms with van der Waals surface area (Å²) in [5, 5.41) is 11.9. The molecule has 0 spiro atoms. The fraction of sp³-hybridized carbons (Fsp3) is 0.318. The topological polar surface area (TPSA) is 63.1 Å². The SMILES string of the molecule is Cc1ccccc1-n1cnnc1SCC(=O)Nc1ccc(N2CCCCC2)cc1. The van der Waals surface area contributed by atoms with Gasteiger partial charge in [-0.2, -0.15) is 0 Å². The van der Waals surface area contributed by atoms with E-state index >= 15 is 0 Å². The molecule has 29 heavy (non-hydrogen) atoms. The third-order valence-electron chi connectivity index (χ3n) is 5.10. The fourth-order valence-electron chi connectivity index (χ4n) is 3.56. The van der Waals surface area contributed by atoms with Crippen molar-refractivity contribution in [1.82, 2.24) is 14.8 Å². The number of benzene rings is 2. The molecule has 1 aromatic heterocycles. The molecule has 150 valence electrons. The number of aromatic nitrogens is 3. The van der Waals surface area contributed by atoms with Gasteiger partial charge in [-0.25, -0.2) is 0 Å². The highest BCUT2D eigenvalue weighted by Gasteiger charge is 2.13. The zero-order chi connectivity index (χ0) is 20.1. The van der Waals surface area contributed by atoms with Crippen molar-refractivity contribution in [3.05, 3.63) is 60.4 Å². The highest BCUT2D eigenvalue weighted by Crippen LogP contribution is 2.23. The Balaban J connectivity index is 1.34. The lowest BCUT2D eigenvalue weighted by atomic mass is 10.1. The molecule has 1 amide bonds. The first kappa shape index (κ1) is 19.5. The van der Waals surface area contributed by atoms with E-state index in [9.17, 15) is 4.79 Å². The summed E-state index contributed by atoms with van der Waals surface area (Å²) in [5.41, 5.74) is 4.20. The third kappa shape index (κ3) is 4.79. The van der Waals surface area contributed by atoms with Crippen molar-refractivity contribution < 1.29 is 4.79 Å². The Bertz CT molecular complexity index is 963. The highest BCUT2D eigenvalue weighted by atomic mass is 32.2. The first-order valence-corrected chi connectivity index (χ1v) is 10.9. The van der Waals surface area contributed by atoms with E-state index in [0.29, 0.717) is 5.16 Å². The molecule has 1 N–H and O–H groups in total. The molecule has 6 nitrogen and oxygen atoms in total. The summed E-state index contributed by atoms with van der Waals surface area (Å²) in [4.78, 5) is 14.8. The van der Waals surface area contributed by atoms with Gasteiger partial charge in [-0.05, 0) is 62.1 Å². The van der Waals surface area contributed by atoms with Gasteiger partial charge >= 0.3 is 0 Å². The van der Waals surface area contributed by atoms with Gasteiger partial charge in [-0.3, -0.25) is 9.36 Å². The van der Waals surface area contributed by atoms with Crippen molar-refractivity contribution in [3.8, 4) is 5.69 Å². The van der Waals surface area contributed by atoms with Gasteiger partial charge in [-0.15, -0.1) is 10.2 Å². The largest absolute Gasteiger partial charge is 0.372 e. The monoisotopic (exact) mass is 407 g/mol. The van der Waals surface area contributed by atoms with Crippen molar-refractivity contribution in [2.75, 3.05) is 29.1 Å². The van der Waals surface area contributed by atoms with Crippen LogP contribution in [0.3, 0.4) is 0 Å². The smallest absolute Gasteiger partial charge is 0.234 e. The molecular weight excluding hydrogens is 382 g/mol. The molecule has 1 fully saturated rings. The molecule has 1 aliphatic heterocycles. The number of carbonyl (C=O) groups is 1. The Hall–Kier alpha value is -2.80. The highest BCUT2D eigenvalue weighted by molar-refractivity contribution is 7.99. The number of carbonyl (C=O) groups excluding carboxylic acids is 1. The first-order valence-electron chi connectivity index (χ1n) is 9.94. The molecule has 0 aliphatic carbocycles. The summed E-state index contributed by atoms with van der Waals surface area (Å²) in [6.07, 6.45) is 5.51. The van der Waals surface area contributed by atoms with E-state index in [0.717, 1.165) is 30.0 Å². The average Bonchev–Trinajstić information content (AvgIpc) is 3.22. The second-order valence-corrected chi connectivity index (χ2v) is 8.14. The van der Waals surface area contributed by atoms with Crippen molar-refractivity contribution in [1.29, 1.82) is 0 Å². The minimum absolute atomic E-state index is 0.0555. The van der Waals surface area contributed by atoms with E-state index in [4.69, 9.17) is 0 Å². The summed E-state index contributed by atoms with van der Waals surface area (Å²) in [7, 11) is 0. The zero-order valence-corrected chi connectivity index (χ0v) is 17.4. The molecule has 2 aromatic carbocycles. The normalized spacial score (nSPS) is 14.0. The second kappa shape index (κ2) is 9.13. The van der Waals surface area contributed by atoms with Crippen molar-refractivity contribution in [3.63, 3.8) is 0 Å². The van der Waals surface area contributed by atoms with Gasteiger partial charge < -0.3 is 10.2 Å². The van der Waals surface area contributed by atoms with E-state index in [1.807, 2.05) is 47.9 Å². The Kier molecular flexibility index (Phi) is 6.14. The van der Waals surface area contributed by atoms with Crippen molar-refractivity contribution >= 4 is 29.0 Å². The number of piperidine rings is 1. The van der Waals surface area contributed by atoms with Gasteiger partial charge in [0.1, 0.15) is 6.33 Å². The lowest BCUT2D eigenvalue weighted by Crippen LogP contribution is -2.29. The molecule has 2 heterocycles. The van der Waals surface area contributed by atoms with Gasteiger partial charge in [0.05, 0.1) is 11.4 Å². The van der Waals surface area contributed by atoms with Gasteiger partial charge in [0.15, 0.2) is 5.16 Å². The second-order valence-electron chi connectivity index (χ2n) is 7.20. The number of amides is 1. The van der Waals surface area contributed by atoms with Gasteiger partial charge in [0.25, 0.3) is 0 Å². The van der Waals surface area contributed by atoms with Crippen LogP contribution in [0.4, 0.5) is 11.4 Å². The Morgan fingerprint density at radius 2 is 1.83 bits per heavy atom. The predicted molar refractivity (Wildman–Crippen MR) is 118 cm³/mol. The third-order valence-corrected chi connectivity index (χ3v) is 6.04. The maximum Gasteiger partial charge on any atom is 0.234 e. The summed E-state index contributed by atoms with van der Waals surface area (Å²) >= 11 is 1.38. The Labute approximate surface area is 175 Å². The molecule has 0 radical (unpaired) electrons. The number of thioether (sulfide) groups is 1. The number of nitrogens with one attached hydrogen (secondary N) is 1. The molecule has 3 aromatic rings. The summed E-state index contributed by atoms with van der Waals surface area (Å²) in [5.74, 6) is 0.221. The van der Waals surface area contributed by atoms with Gasteiger partial charge in [-0.1, -0.05) is 30.0 Å². The van der Waals surface area contributed by atoms with Crippen LogP contribution in [-0.2, 0) is 4.79 Å². The molecular formula is C22H25N5OS. The predicted octanol–water partition coefficient (Wildman–Crippen LogP) is 4.30. The quantitative estimate of drug-likeness (QED) is 0.618. The molecule has 1 aliphatic rings. The van der Waals surface area contributed by atoms with Crippen LogP contribution < -0.4 is 10.2 Å². The first-order chi connectivity index (χ1) is 14.2. The van der Waals surface area contributed by atoms with Crippen LogP contribution in [0, 0.1) is 6.92 Å². The van der Waals surface area contributed by atoms with E-state index < -0.39 is 0 Å². The molecule has 0 bridgehead atoms. The standard InChI is InChI=1S/C22H25N5OS/c1-17-7-3-4-8-20(17)27-16-23-25-22(27)29-15-21(28)24-18-9-11-19(12-10-18)26-13-5-2-6-14-26/h3-4,7-12,16H,2,5-6,13-15H2,1H3,(H,24,28). The molecule has 0 atom stereocenters. The fourth-order valence-corrected chi connectivity index (χ4v) is 4.28. The summed E-state index contributed by atoms with van der Waals surface area (Å²) < 4.78 is 1.92. The maximum atomic E-state index is 12.4. The van der Waals surface area contributed by atoms with E-state index in [1.54, 1.807) is 6.33 Å². The average molecular weight is 408 g/mol. The lowest BCUT2D eigenvalue weighted by molar-refractivity contribution is -0.113. The van der Waals surface area contributed by atoms with Gasteiger partial charge in [0.2, 0.25) is 5.91 Å². The lowest BCUT2D eigenvalue weighted by Gasteiger charge is -2.28. The summed E-state index contributed by atoms with van der Waals surface area (Å²) in [6.45, 7) is 4.28. The number of nitrogens with zero attached hydrogens (tertiary/aromatic N) is 4. The van der Waals surface area contributed by atoms with E-state index in [1.165, 1.54) is 36.7 Å². The van der Waals surface area contributed by atoms with E-state index in [-0.39, 0.29) is 11.7 Å². The molecule has 0 unspecified atom stereocenters. The number of anilines is 2. The Morgan fingerprint density at radius 3 is 2.59 bits per heavy atom. The minimum Gasteiger partial charge on any atom is -0.372 e. The number of para-hydroxylation sites is 1. The van der Waals surface area contributed by atoms with Crippen LogP contribution in [-0.4, -0.2) is 39.5 Å².